The van der Waals surface area contributed by atoms with E-state index in [1.54, 1.807) is 38.5 Å². The Kier molecular flexibility index (Phi) is 8.39. The van der Waals surface area contributed by atoms with Gasteiger partial charge in [-0.05, 0) is 48.5 Å². The van der Waals surface area contributed by atoms with Crippen LogP contribution < -0.4 is 20.1 Å². The van der Waals surface area contributed by atoms with Gasteiger partial charge in [-0.25, -0.2) is 4.79 Å². The van der Waals surface area contributed by atoms with Gasteiger partial charge in [-0.3, -0.25) is 10.1 Å². The van der Waals surface area contributed by atoms with Crippen LogP contribution in [0.5, 0.6) is 11.5 Å². The summed E-state index contributed by atoms with van der Waals surface area (Å²) in [6.45, 7) is 1.99. The number of esters is 1. The normalized spacial score (nSPS) is 10.6. The molecule has 9 heteroatoms. The minimum Gasteiger partial charge on any atom is -0.493 e. The van der Waals surface area contributed by atoms with Crippen molar-refractivity contribution in [2.24, 2.45) is 0 Å². The number of methoxy groups -OCH3 is 3. The van der Waals surface area contributed by atoms with Gasteiger partial charge < -0.3 is 19.5 Å². The van der Waals surface area contributed by atoms with E-state index >= 15 is 0 Å². The number of nitrogens with one attached hydrogen (secondary N) is 2. The average Bonchev–Trinajstić information content (AvgIpc) is 3.25. The molecule has 0 spiro atoms. The van der Waals surface area contributed by atoms with Crippen LogP contribution in [0.3, 0.4) is 0 Å². The largest absolute Gasteiger partial charge is 0.493 e. The molecule has 3 rings (SSSR count). The van der Waals surface area contributed by atoms with E-state index in [-0.39, 0.29) is 5.11 Å². The number of carbonyl (C=O) groups is 2. The molecule has 2 aromatic carbocycles. The smallest absolute Gasteiger partial charge is 0.341 e. The third kappa shape index (κ3) is 6.00. The van der Waals surface area contributed by atoms with Crippen LogP contribution in [0.4, 0.5) is 5.00 Å². The van der Waals surface area contributed by atoms with Crippen LogP contribution in [0.25, 0.3) is 17.2 Å². The summed E-state index contributed by atoms with van der Waals surface area (Å²) in [5.41, 5.74) is 3.82. The lowest BCUT2D eigenvalue weighted by Gasteiger charge is -2.10. The van der Waals surface area contributed by atoms with Gasteiger partial charge in [0.1, 0.15) is 10.6 Å². The topological polar surface area (TPSA) is 85.9 Å². The van der Waals surface area contributed by atoms with E-state index in [9.17, 15) is 9.59 Å². The molecule has 34 heavy (non-hydrogen) atoms. The third-order valence-corrected chi connectivity index (χ3v) is 5.94. The Hall–Kier alpha value is -3.69. The maximum Gasteiger partial charge on any atom is 0.341 e. The van der Waals surface area contributed by atoms with Gasteiger partial charge in [0, 0.05) is 17.0 Å². The van der Waals surface area contributed by atoms with Crippen molar-refractivity contribution in [3.05, 3.63) is 70.6 Å². The first-order chi connectivity index (χ1) is 16.4. The molecule has 1 heterocycles. The fourth-order valence-corrected chi connectivity index (χ4v) is 4.35. The standard InChI is InChI=1S/C25H24N2O5S2/c1-15-5-9-17(10-6-15)18-14-34-23(22(18)24(29)32-4)27-25(33)26-21(28)12-8-16-7-11-19(30-2)20(13-16)31-3/h5-14H,1-4H3,(H2,26,27,28,33)/b12-8+. The van der Waals surface area contributed by atoms with E-state index in [4.69, 9.17) is 26.4 Å². The third-order valence-electron chi connectivity index (χ3n) is 4.84. The van der Waals surface area contributed by atoms with Gasteiger partial charge >= 0.3 is 5.97 Å². The van der Waals surface area contributed by atoms with E-state index in [0.717, 1.165) is 22.3 Å². The Morgan fingerprint density at radius 2 is 1.71 bits per heavy atom. The molecule has 0 fully saturated rings. The summed E-state index contributed by atoms with van der Waals surface area (Å²) in [5.74, 6) is 0.223. The van der Waals surface area contributed by atoms with Crippen LogP contribution in [-0.4, -0.2) is 38.3 Å². The van der Waals surface area contributed by atoms with Gasteiger partial charge in [0.05, 0.1) is 21.3 Å². The van der Waals surface area contributed by atoms with Crippen molar-refractivity contribution in [2.45, 2.75) is 6.92 Å². The van der Waals surface area contributed by atoms with Crippen molar-refractivity contribution in [1.82, 2.24) is 5.32 Å². The van der Waals surface area contributed by atoms with Crippen molar-refractivity contribution in [3.8, 4) is 22.6 Å². The lowest BCUT2D eigenvalue weighted by Crippen LogP contribution is -2.33. The highest BCUT2D eigenvalue weighted by molar-refractivity contribution is 7.80. The summed E-state index contributed by atoms with van der Waals surface area (Å²) in [7, 11) is 4.42. The highest BCUT2D eigenvalue weighted by atomic mass is 32.1. The van der Waals surface area contributed by atoms with E-state index in [2.05, 4.69) is 10.6 Å². The Morgan fingerprint density at radius 3 is 2.35 bits per heavy atom. The van der Waals surface area contributed by atoms with E-state index in [1.165, 1.54) is 24.5 Å². The van der Waals surface area contributed by atoms with Gasteiger partial charge in [-0.2, -0.15) is 0 Å². The van der Waals surface area contributed by atoms with E-state index in [1.807, 2.05) is 36.6 Å². The molecule has 0 aliphatic carbocycles. The molecule has 0 aliphatic rings. The molecule has 7 nitrogen and oxygen atoms in total. The summed E-state index contributed by atoms with van der Waals surface area (Å²) in [6, 6.07) is 13.1. The summed E-state index contributed by atoms with van der Waals surface area (Å²) in [5, 5.41) is 7.91. The molecular weight excluding hydrogens is 472 g/mol. The SMILES string of the molecule is COC(=O)c1c(-c2ccc(C)cc2)csc1NC(=S)NC(=O)/C=C/c1ccc(OC)c(OC)c1. The number of aryl methyl sites for hydroxylation is 1. The zero-order valence-electron chi connectivity index (χ0n) is 19.1. The minimum atomic E-state index is -0.498. The van der Waals surface area contributed by atoms with Crippen molar-refractivity contribution >= 4 is 51.6 Å². The number of ether oxygens (including phenoxy) is 3. The molecule has 1 aromatic heterocycles. The van der Waals surface area contributed by atoms with Crippen LogP contribution >= 0.6 is 23.6 Å². The highest BCUT2D eigenvalue weighted by Crippen LogP contribution is 2.36. The molecular formula is C25H24N2O5S2. The van der Waals surface area contributed by atoms with Crippen LogP contribution in [0.15, 0.2) is 53.9 Å². The second-order valence-corrected chi connectivity index (χ2v) is 8.39. The monoisotopic (exact) mass is 496 g/mol. The molecule has 3 aromatic rings. The van der Waals surface area contributed by atoms with Crippen LogP contribution in [-0.2, 0) is 9.53 Å². The zero-order chi connectivity index (χ0) is 24.7. The summed E-state index contributed by atoms with van der Waals surface area (Å²) in [6.07, 6.45) is 2.98. The number of rotatable bonds is 7. The minimum absolute atomic E-state index is 0.0596. The number of hydrogen-bond acceptors (Lipinski definition) is 7. The average molecular weight is 497 g/mol. The zero-order valence-corrected chi connectivity index (χ0v) is 20.8. The molecule has 0 saturated heterocycles. The number of anilines is 1. The first-order valence-electron chi connectivity index (χ1n) is 10.1. The maximum atomic E-state index is 12.5. The first kappa shape index (κ1) is 24.9. The summed E-state index contributed by atoms with van der Waals surface area (Å²) in [4.78, 5) is 24.9. The van der Waals surface area contributed by atoms with Gasteiger partial charge in [0.2, 0.25) is 5.91 Å². The lowest BCUT2D eigenvalue weighted by molar-refractivity contribution is -0.115. The number of hydrogen-bond donors (Lipinski definition) is 2. The second kappa shape index (κ2) is 11.4. The summed E-state index contributed by atoms with van der Waals surface area (Å²) >= 11 is 6.58. The van der Waals surface area contributed by atoms with E-state index < -0.39 is 11.9 Å². The molecule has 2 N–H and O–H groups in total. The van der Waals surface area contributed by atoms with Crippen molar-refractivity contribution in [3.63, 3.8) is 0 Å². The predicted octanol–water partition coefficient (Wildman–Crippen LogP) is 5.05. The molecule has 0 unspecified atom stereocenters. The fraction of sp³-hybridized carbons (Fsp3) is 0.160. The quantitative estimate of drug-likeness (QED) is 0.269. The molecule has 0 radical (unpaired) electrons. The Labute approximate surface area is 207 Å². The van der Waals surface area contributed by atoms with E-state index in [0.29, 0.717) is 22.1 Å². The molecule has 0 bridgehead atoms. The number of thiophene rings is 1. The van der Waals surface area contributed by atoms with Crippen LogP contribution in [0.2, 0.25) is 0 Å². The number of thiocarbonyl (C=S) groups is 1. The van der Waals surface area contributed by atoms with Crippen LogP contribution in [0, 0.1) is 6.92 Å². The molecule has 0 saturated carbocycles. The fourth-order valence-electron chi connectivity index (χ4n) is 3.12. The molecule has 0 aliphatic heterocycles. The second-order valence-electron chi connectivity index (χ2n) is 7.10. The molecule has 0 atom stereocenters. The van der Waals surface area contributed by atoms with Crippen molar-refractivity contribution < 1.29 is 23.8 Å². The van der Waals surface area contributed by atoms with Gasteiger partial charge in [-0.1, -0.05) is 35.9 Å². The lowest BCUT2D eigenvalue weighted by atomic mass is 10.0. The summed E-state index contributed by atoms with van der Waals surface area (Å²) < 4.78 is 15.5. The van der Waals surface area contributed by atoms with Crippen molar-refractivity contribution in [2.75, 3.05) is 26.6 Å². The predicted molar refractivity (Wildman–Crippen MR) is 139 cm³/mol. The number of amides is 1. The highest BCUT2D eigenvalue weighted by Gasteiger charge is 2.22. The molecule has 176 valence electrons. The first-order valence-corrected chi connectivity index (χ1v) is 11.4. The number of benzene rings is 2. The maximum absolute atomic E-state index is 12.5. The Morgan fingerprint density at radius 1 is 1.00 bits per heavy atom. The number of carbonyl (C=O) groups excluding carboxylic acids is 2. The van der Waals surface area contributed by atoms with Crippen molar-refractivity contribution in [1.29, 1.82) is 0 Å². The molecule has 1 amide bonds. The van der Waals surface area contributed by atoms with Gasteiger partial charge in [-0.15, -0.1) is 11.3 Å². The Balaban J connectivity index is 1.72. The van der Waals surface area contributed by atoms with Gasteiger partial charge in [0.15, 0.2) is 16.6 Å². The van der Waals surface area contributed by atoms with Crippen LogP contribution in [0.1, 0.15) is 21.5 Å². The Bertz CT molecular complexity index is 1230. The van der Waals surface area contributed by atoms with Gasteiger partial charge in [0.25, 0.3) is 0 Å².